The third-order valence-corrected chi connectivity index (χ3v) is 7.23. The Bertz CT molecular complexity index is 1490. The van der Waals surface area contributed by atoms with Crippen LogP contribution in [-0.2, 0) is 4.79 Å². The number of aromatic nitrogens is 2. The molecule has 0 bridgehead atoms. The Morgan fingerprint density at radius 3 is 2.41 bits per heavy atom. The molecule has 2 atom stereocenters. The molecule has 1 fully saturated rings. The van der Waals surface area contributed by atoms with Gasteiger partial charge in [0.05, 0.1) is 24.5 Å². The number of nitrogens with one attached hydrogen (secondary N) is 2. The van der Waals surface area contributed by atoms with Gasteiger partial charge < -0.3 is 24.8 Å². The molecule has 200 valence electrons. The van der Waals surface area contributed by atoms with Crippen LogP contribution in [0.15, 0.2) is 85.1 Å². The number of benzene rings is 2. The molecule has 1 saturated heterocycles. The lowest BCUT2D eigenvalue weighted by Crippen LogP contribution is -2.30. The number of aryl methyl sites for hydroxylation is 1. The van der Waals surface area contributed by atoms with E-state index in [0.29, 0.717) is 16.5 Å². The number of rotatable bonds is 6. The second-order valence-electron chi connectivity index (χ2n) is 10.7. The van der Waals surface area contributed by atoms with Crippen LogP contribution in [0.4, 0.5) is 11.4 Å². The van der Waals surface area contributed by atoms with E-state index in [9.17, 15) is 4.79 Å². The minimum atomic E-state index is -0.536. The number of carbonyl (C=O) groups is 1. The van der Waals surface area contributed by atoms with Crippen LogP contribution < -0.4 is 20.3 Å². The summed E-state index contributed by atoms with van der Waals surface area (Å²) < 4.78 is 7.98. The lowest BCUT2D eigenvalue weighted by atomic mass is 9.95. The van der Waals surface area contributed by atoms with E-state index in [1.807, 2.05) is 75.4 Å². The third kappa shape index (κ3) is 5.12. The molecule has 1 aliphatic rings. The average Bonchev–Trinajstić information content (AvgIpc) is 3.48. The molecule has 0 unspecified atom stereocenters. The molecule has 7 nitrogen and oxygen atoms in total. The molecule has 2 N–H and O–H groups in total. The van der Waals surface area contributed by atoms with Crippen LogP contribution in [-0.4, -0.2) is 27.7 Å². The van der Waals surface area contributed by atoms with Gasteiger partial charge in [-0.3, -0.25) is 9.78 Å². The van der Waals surface area contributed by atoms with E-state index in [0.717, 1.165) is 28.5 Å². The van der Waals surface area contributed by atoms with Crippen LogP contribution in [0.3, 0.4) is 0 Å². The summed E-state index contributed by atoms with van der Waals surface area (Å²) in [6.07, 6.45) is 1.80. The molecule has 1 amide bonds. The molecule has 1 aliphatic heterocycles. The molecular weight excluding hydrogens is 506 g/mol. The number of thiocarbonyl (C=S) groups is 1. The van der Waals surface area contributed by atoms with Crippen molar-refractivity contribution in [1.29, 1.82) is 0 Å². The number of nitrogens with zero attached hydrogens (tertiary/aromatic N) is 3. The zero-order valence-electron chi connectivity index (χ0n) is 22.8. The Balaban J connectivity index is 1.63. The second-order valence-corrected chi connectivity index (χ2v) is 11.0. The van der Waals surface area contributed by atoms with Crippen LogP contribution in [0.25, 0.3) is 5.69 Å². The van der Waals surface area contributed by atoms with Crippen LogP contribution in [0.1, 0.15) is 49.9 Å². The highest BCUT2D eigenvalue weighted by molar-refractivity contribution is 7.80. The van der Waals surface area contributed by atoms with E-state index in [-0.39, 0.29) is 18.0 Å². The molecule has 4 aromatic rings. The van der Waals surface area contributed by atoms with E-state index in [1.165, 1.54) is 0 Å². The van der Waals surface area contributed by atoms with Crippen molar-refractivity contribution in [1.82, 2.24) is 14.9 Å². The first-order valence-electron chi connectivity index (χ1n) is 12.9. The summed E-state index contributed by atoms with van der Waals surface area (Å²) in [5, 5.41) is 7.11. The summed E-state index contributed by atoms with van der Waals surface area (Å²) in [4.78, 5) is 19.5. The Labute approximate surface area is 234 Å². The van der Waals surface area contributed by atoms with Gasteiger partial charge in [0, 0.05) is 40.4 Å². The average molecular weight is 540 g/mol. The molecule has 8 heteroatoms. The first-order valence-corrected chi connectivity index (χ1v) is 13.3. The van der Waals surface area contributed by atoms with Crippen molar-refractivity contribution in [3.63, 3.8) is 0 Å². The van der Waals surface area contributed by atoms with Crippen molar-refractivity contribution < 1.29 is 9.53 Å². The van der Waals surface area contributed by atoms with Gasteiger partial charge in [-0.1, -0.05) is 45.0 Å². The summed E-state index contributed by atoms with van der Waals surface area (Å²) in [5.41, 5.74) is 5.08. The fourth-order valence-corrected chi connectivity index (χ4v) is 5.24. The van der Waals surface area contributed by atoms with Gasteiger partial charge in [0.15, 0.2) is 5.11 Å². The number of carbonyl (C=O) groups excluding carboxylic acids is 1. The van der Waals surface area contributed by atoms with Gasteiger partial charge in [-0.25, -0.2) is 0 Å². The predicted molar refractivity (Wildman–Crippen MR) is 160 cm³/mol. The van der Waals surface area contributed by atoms with E-state index in [1.54, 1.807) is 13.3 Å². The van der Waals surface area contributed by atoms with Crippen molar-refractivity contribution in [3.05, 3.63) is 102 Å². The number of hydrogen-bond acceptors (Lipinski definition) is 4. The molecule has 0 saturated carbocycles. The zero-order chi connectivity index (χ0) is 27.7. The third-order valence-electron chi connectivity index (χ3n) is 6.91. The smallest absolute Gasteiger partial charge is 0.229 e. The van der Waals surface area contributed by atoms with Gasteiger partial charge in [0.25, 0.3) is 0 Å². The number of pyridine rings is 1. The minimum absolute atomic E-state index is 0.0869. The maximum atomic E-state index is 12.7. The Morgan fingerprint density at radius 2 is 1.74 bits per heavy atom. The molecular formula is C31H33N5O2S. The standard InChI is InChI=1S/C31H33N5O2S/c1-20-14-17-25(35(20)21-11-7-6-8-12-21)28-27(24-13-9-10-18-32-24)34-30(39)36(28)22-15-16-23(26(19-22)38-5)33-29(37)31(2,3)4/h6-19,27-28H,1-5H3,(H,33,37)(H,34,39)/t27-,28-/m0/s1. The lowest BCUT2D eigenvalue weighted by molar-refractivity contribution is -0.123. The monoisotopic (exact) mass is 539 g/mol. The highest BCUT2D eigenvalue weighted by Crippen LogP contribution is 2.44. The van der Waals surface area contributed by atoms with Crippen molar-refractivity contribution >= 4 is 34.6 Å². The number of hydrogen-bond donors (Lipinski definition) is 2. The van der Waals surface area contributed by atoms with Crippen LogP contribution >= 0.6 is 12.2 Å². The highest BCUT2D eigenvalue weighted by Gasteiger charge is 2.42. The van der Waals surface area contributed by atoms with E-state index in [2.05, 4.69) is 56.3 Å². The summed E-state index contributed by atoms with van der Waals surface area (Å²) in [6, 6.07) is 25.9. The largest absolute Gasteiger partial charge is 0.494 e. The number of ether oxygens (including phenoxy) is 1. The topological polar surface area (TPSA) is 71.4 Å². The zero-order valence-corrected chi connectivity index (χ0v) is 23.6. The summed E-state index contributed by atoms with van der Waals surface area (Å²) in [6.45, 7) is 7.74. The normalized spacial score (nSPS) is 17.2. The first-order chi connectivity index (χ1) is 18.7. The van der Waals surface area contributed by atoms with Gasteiger partial charge in [0.1, 0.15) is 11.8 Å². The fraction of sp³-hybridized carbons (Fsp3) is 0.258. The van der Waals surface area contributed by atoms with Crippen molar-refractivity contribution in [2.75, 3.05) is 17.3 Å². The SMILES string of the molecule is COc1cc(N2C(=S)N[C@@H](c3ccccn3)[C@@H]2c2ccc(C)n2-c2ccccc2)ccc1NC(=O)C(C)(C)C. The molecule has 39 heavy (non-hydrogen) atoms. The van der Waals surface area contributed by atoms with Gasteiger partial charge in [-0.15, -0.1) is 0 Å². The Hall–Kier alpha value is -4.17. The second kappa shape index (κ2) is 10.5. The van der Waals surface area contributed by atoms with Crippen molar-refractivity contribution in [3.8, 4) is 11.4 Å². The van der Waals surface area contributed by atoms with Crippen LogP contribution in [0.2, 0.25) is 0 Å². The van der Waals surface area contributed by atoms with Gasteiger partial charge >= 0.3 is 0 Å². The summed E-state index contributed by atoms with van der Waals surface area (Å²) >= 11 is 5.94. The van der Waals surface area contributed by atoms with Gasteiger partial charge in [0.2, 0.25) is 5.91 Å². The molecule has 0 radical (unpaired) electrons. The van der Waals surface area contributed by atoms with Crippen LogP contribution in [0.5, 0.6) is 5.75 Å². The number of anilines is 2. The maximum Gasteiger partial charge on any atom is 0.229 e. The quantitative estimate of drug-likeness (QED) is 0.278. The molecule has 2 aromatic heterocycles. The number of amides is 1. The van der Waals surface area contributed by atoms with Crippen LogP contribution in [0, 0.1) is 12.3 Å². The molecule has 3 heterocycles. The van der Waals surface area contributed by atoms with E-state index >= 15 is 0 Å². The van der Waals surface area contributed by atoms with Crippen molar-refractivity contribution in [2.45, 2.75) is 39.8 Å². The fourth-order valence-electron chi connectivity index (χ4n) is 4.90. The Morgan fingerprint density at radius 1 is 1.00 bits per heavy atom. The number of para-hydroxylation sites is 1. The molecule has 0 aliphatic carbocycles. The van der Waals surface area contributed by atoms with Gasteiger partial charge in [-0.2, -0.15) is 0 Å². The van der Waals surface area contributed by atoms with Crippen molar-refractivity contribution in [2.24, 2.45) is 5.41 Å². The first kappa shape index (κ1) is 26.4. The predicted octanol–water partition coefficient (Wildman–Crippen LogP) is 6.35. The number of methoxy groups -OCH3 is 1. The molecule has 2 aromatic carbocycles. The summed E-state index contributed by atoms with van der Waals surface area (Å²) in [5.74, 6) is 0.471. The van der Waals surface area contributed by atoms with E-state index < -0.39 is 5.41 Å². The Kier molecular flexibility index (Phi) is 7.14. The minimum Gasteiger partial charge on any atom is -0.494 e. The molecule has 0 spiro atoms. The van der Waals surface area contributed by atoms with Gasteiger partial charge in [-0.05, 0) is 67.7 Å². The van der Waals surface area contributed by atoms with E-state index in [4.69, 9.17) is 17.0 Å². The maximum absolute atomic E-state index is 12.7. The highest BCUT2D eigenvalue weighted by atomic mass is 32.1. The lowest BCUT2D eigenvalue weighted by Gasteiger charge is -2.30. The molecule has 5 rings (SSSR count). The summed E-state index contributed by atoms with van der Waals surface area (Å²) in [7, 11) is 1.60.